The minimum Gasteiger partial charge on any atom is -0.355 e. The molecule has 0 aromatic rings. The zero-order valence-electron chi connectivity index (χ0n) is 6.10. The molecule has 0 unspecified atom stereocenters. The van der Waals surface area contributed by atoms with Gasteiger partial charge in [0.15, 0.2) is 0 Å². The van der Waals surface area contributed by atoms with Crippen LogP contribution in [0.2, 0.25) is 0 Å². The predicted molar refractivity (Wildman–Crippen MR) is 38.4 cm³/mol. The van der Waals surface area contributed by atoms with Gasteiger partial charge < -0.3 is 4.74 Å². The Hall–Kier alpha value is -0.500. The van der Waals surface area contributed by atoms with Crippen LogP contribution in [0.25, 0.3) is 0 Å². The van der Waals surface area contributed by atoms with Gasteiger partial charge in [-0.2, -0.15) is 0 Å². The zero-order valence-corrected chi connectivity index (χ0v) is 6.10. The minimum atomic E-state index is 0.596. The van der Waals surface area contributed by atoms with Gasteiger partial charge in [0.25, 0.3) is 0 Å². The number of rotatable bonds is 0. The van der Waals surface area contributed by atoms with Crippen molar-refractivity contribution < 1.29 is 4.74 Å². The summed E-state index contributed by atoms with van der Waals surface area (Å²) >= 11 is 0. The van der Waals surface area contributed by atoms with E-state index >= 15 is 0 Å². The molecule has 0 aromatic carbocycles. The summed E-state index contributed by atoms with van der Waals surface area (Å²) in [5.74, 6) is 0. The SMILES string of the molecule is C1CCC2=C(C1)COC[N]2. The Balaban J connectivity index is 2.14. The predicted octanol–water partition coefficient (Wildman–Crippen LogP) is 1.41. The van der Waals surface area contributed by atoms with Gasteiger partial charge in [0.2, 0.25) is 0 Å². The molecule has 1 aliphatic carbocycles. The Kier molecular flexibility index (Phi) is 1.63. The molecule has 0 saturated heterocycles. The van der Waals surface area contributed by atoms with Gasteiger partial charge in [-0.05, 0) is 31.3 Å². The Morgan fingerprint density at radius 3 is 3.00 bits per heavy atom. The van der Waals surface area contributed by atoms with Crippen LogP contribution >= 0.6 is 0 Å². The molecule has 10 heavy (non-hydrogen) atoms. The fourth-order valence-electron chi connectivity index (χ4n) is 1.59. The summed E-state index contributed by atoms with van der Waals surface area (Å²) in [5.41, 5.74) is 2.80. The Bertz CT molecular complexity index is 129. The van der Waals surface area contributed by atoms with Crippen LogP contribution in [0.4, 0.5) is 0 Å². The molecule has 0 saturated carbocycles. The van der Waals surface area contributed by atoms with Crippen molar-refractivity contribution in [1.29, 1.82) is 0 Å². The van der Waals surface area contributed by atoms with E-state index in [4.69, 9.17) is 4.74 Å². The van der Waals surface area contributed by atoms with Gasteiger partial charge in [-0.15, -0.1) is 0 Å². The lowest BCUT2D eigenvalue weighted by Crippen LogP contribution is -2.22. The molecule has 0 spiro atoms. The number of hydrogen-bond acceptors (Lipinski definition) is 1. The highest BCUT2D eigenvalue weighted by Gasteiger charge is 2.16. The molecule has 2 rings (SSSR count). The summed E-state index contributed by atoms with van der Waals surface area (Å²) < 4.78 is 5.21. The number of nitrogens with zero attached hydrogens (tertiary/aromatic N) is 1. The van der Waals surface area contributed by atoms with E-state index in [0.29, 0.717) is 6.73 Å². The lowest BCUT2D eigenvalue weighted by molar-refractivity contribution is 0.119. The van der Waals surface area contributed by atoms with Gasteiger partial charge in [0.1, 0.15) is 6.73 Å². The molecule has 0 aromatic heterocycles. The zero-order chi connectivity index (χ0) is 6.81. The third-order valence-electron chi connectivity index (χ3n) is 2.17. The number of hydrogen-bond donors (Lipinski definition) is 0. The first kappa shape index (κ1) is 6.23. The molecular formula is C8H12NO. The van der Waals surface area contributed by atoms with Crippen molar-refractivity contribution in [1.82, 2.24) is 5.32 Å². The van der Waals surface area contributed by atoms with Crippen LogP contribution < -0.4 is 5.32 Å². The topological polar surface area (TPSA) is 23.3 Å². The molecule has 2 nitrogen and oxygen atoms in total. The Morgan fingerprint density at radius 2 is 2.10 bits per heavy atom. The quantitative estimate of drug-likeness (QED) is 0.496. The largest absolute Gasteiger partial charge is 0.355 e. The third-order valence-corrected chi connectivity index (χ3v) is 2.17. The van der Waals surface area contributed by atoms with Crippen LogP contribution in [-0.2, 0) is 4.74 Å². The van der Waals surface area contributed by atoms with Gasteiger partial charge in [0.05, 0.1) is 6.61 Å². The first-order valence-electron chi connectivity index (χ1n) is 3.93. The normalized spacial score (nSPS) is 25.6. The van der Waals surface area contributed by atoms with Crippen molar-refractivity contribution in [3.05, 3.63) is 11.3 Å². The monoisotopic (exact) mass is 138 g/mol. The molecule has 1 radical (unpaired) electrons. The van der Waals surface area contributed by atoms with Crippen molar-refractivity contribution in [2.75, 3.05) is 13.3 Å². The lowest BCUT2D eigenvalue weighted by atomic mass is 9.96. The lowest BCUT2D eigenvalue weighted by Gasteiger charge is -2.24. The molecule has 1 aliphatic heterocycles. The summed E-state index contributed by atoms with van der Waals surface area (Å²) in [7, 11) is 0. The van der Waals surface area contributed by atoms with Crippen LogP contribution in [0.3, 0.4) is 0 Å². The summed E-state index contributed by atoms with van der Waals surface area (Å²) in [6.45, 7) is 1.44. The van der Waals surface area contributed by atoms with E-state index in [9.17, 15) is 0 Å². The fourth-order valence-corrected chi connectivity index (χ4v) is 1.59. The van der Waals surface area contributed by atoms with E-state index in [2.05, 4.69) is 5.32 Å². The van der Waals surface area contributed by atoms with E-state index in [1.165, 1.54) is 37.0 Å². The summed E-state index contributed by atoms with van der Waals surface area (Å²) in [5, 5.41) is 4.31. The maximum Gasteiger partial charge on any atom is 0.138 e. The van der Waals surface area contributed by atoms with Crippen molar-refractivity contribution in [2.45, 2.75) is 25.7 Å². The minimum absolute atomic E-state index is 0.596. The van der Waals surface area contributed by atoms with Gasteiger partial charge >= 0.3 is 0 Å². The first-order valence-corrected chi connectivity index (χ1v) is 3.93. The summed E-state index contributed by atoms with van der Waals surface area (Å²) in [6.07, 6.45) is 5.07. The van der Waals surface area contributed by atoms with Gasteiger partial charge in [-0.25, -0.2) is 0 Å². The van der Waals surface area contributed by atoms with E-state index in [1.807, 2.05) is 0 Å². The van der Waals surface area contributed by atoms with Crippen LogP contribution in [0.5, 0.6) is 0 Å². The van der Waals surface area contributed by atoms with Crippen LogP contribution in [-0.4, -0.2) is 13.3 Å². The highest BCUT2D eigenvalue weighted by molar-refractivity contribution is 5.16. The van der Waals surface area contributed by atoms with E-state index in [0.717, 1.165) is 6.61 Å². The molecule has 0 bridgehead atoms. The van der Waals surface area contributed by atoms with Gasteiger partial charge in [-0.3, -0.25) is 5.32 Å². The second-order valence-electron chi connectivity index (χ2n) is 2.89. The fraction of sp³-hybridized carbons (Fsp3) is 0.750. The molecule has 2 aliphatic rings. The molecule has 0 fully saturated rings. The summed E-state index contributed by atoms with van der Waals surface area (Å²) in [4.78, 5) is 0. The van der Waals surface area contributed by atoms with Gasteiger partial charge in [0, 0.05) is 5.70 Å². The van der Waals surface area contributed by atoms with Crippen molar-refractivity contribution in [3.63, 3.8) is 0 Å². The van der Waals surface area contributed by atoms with Crippen molar-refractivity contribution in [2.24, 2.45) is 0 Å². The molecule has 2 heteroatoms. The first-order chi connectivity index (χ1) is 4.97. The average Bonchev–Trinajstić information content (AvgIpc) is 2.05. The van der Waals surface area contributed by atoms with Crippen LogP contribution in [0, 0.1) is 0 Å². The molecule has 55 valence electrons. The smallest absolute Gasteiger partial charge is 0.138 e. The second kappa shape index (κ2) is 2.62. The number of ether oxygens (including phenoxy) is 1. The van der Waals surface area contributed by atoms with Gasteiger partial charge in [-0.1, -0.05) is 0 Å². The number of allylic oxidation sites excluding steroid dienone is 1. The third kappa shape index (κ3) is 1.03. The maximum absolute atomic E-state index is 5.21. The Labute approximate surface area is 61.3 Å². The van der Waals surface area contributed by atoms with E-state index in [1.54, 1.807) is 0 Å². The molecular weight excluding hydrogens is 126 g/mol. The van der Waals surface area contributed by atoms with Crippen molar-refractivity contribution >= 4 is 0 Å². The highest BCUT2D eigenvalue weighted by atomic mass is 16.5. The van der Waals surface area contributed by atoms with Crippen LogP contribution in [0.15, 0.2) is 11.3 Å². The standard InChI is InChI=1S/C8H12NO/c1-2-4-8-7(3-1)5-10-6-9-8/h1-6H2. The van der Waals surface area contributed by atoms with E-state index in [-0.39, 0.29) is 0 Å². The molecule has 1 heterocycles. The Morgan fingerprint density at radius 1 is 1.20 bits per heavy atom. The highest BCUT2D eigenvalue weighted by Crippen LogP contribution is 2.25. The second-order valence-corrected chi connectivity index (χ2v) is 2.89. The molecule has 0 N–H and O–H groups in total. The van der Waals surface area contributed by atoms with Crippen molar-refractivity contribution in [3.8, 4) is 0 Å². The summed E-state index contributed by atoms with van der Waals surface area (Å²) in [6, 6.07) is 0. The molecule has 0 atom stereocenters. The molecule has 0 amide bonds. The van der Waals surface area contributed by atoms with E-state index < -0.39 is 0 Å². The van der Waals surface area contributed by atoms with Crippen LogP contribution in [0.1, 0.15) is 25.7 Å². The maximum atomic E-state index is 5.21. The average molecular weight is 138 g/mol.